The van der Waals surface area contributed by atoms with Gasteiger partial charge in [-0.05, 0) is 51.0 Å². The molecule has 0 saturated carbocycles. The normalized spacial score (nSPS) is 16.1. The average molecular weight is 458 g/mol. The second-order valence-corrected chi connectivity index (χ2v) is 7.42. The maximum Gasteiger partial charge on any atom is 0.152 e. The first-order chi connectivity index (χ1) is 15.7. The van der Waals surface area contributed by atoms with Gasteiger partial charge in [-0.25, -0.2) is 9.98 Å². The Labute approximate surface area is 198 Å². The van der Waals surface area contributed by atoms with Crippen LogP contribution < -0.4 is 0 Å². The average Bonchev–Trinajstić information content (AvgIpc) is 2.80. The predicted octanol–water partition coefficient (Wildman–Crippen LogP) is 5.22. The second kappa shape index (κ2) is 17.5. The number of amidine groups is 2. The van der Waals surface area contributed by atoms with E-state index in [-0.39, 0.29) is 17.3 Å². The highest BCUT2D eigenvalue weighted by molar-refractivity contribution is 6.07. The molecule has 0 bridgehead atoms. The second-order valence-electron chi connectivity index (χ2n) is 7.42. The summed E-state index contributed by atoms with van der Waals surface area (Å²) < 4.78 is 5.43. The van der Waals surface area contributed by atoms with Crippen molar-refractivity contribution < 1.29 is 20.1 Å². The molecule has 3 atom stereocenters. The van der Waals surface area contributed by atoms with Gasteiger partial charge in [0.15, 0.2) is 5.84 Å². The van der Waals surface area contributed by atoms with Crippen molar-refractivity contribution >= 4 is 17.9 Å². The third-order valence-corrected chi connectivity index (χ3v) is 4.78. The van der Waals surface area contributed by atoms with Crippen LogP contribution in [0.5, 0.6) is 0 Å². The summed E-state index contributed by atoms with van der Waals surface area (Å²) in [6, 6.07) is 0. The van der Waals surface area contributed by atoms with Gasteiger partial charge in [0.2, 0.25) is 0 Å². The summed E-state index contributed by atoms with van der Waals surface area (Å²) in [7, 11) is 0. The topological polar surface area (TPSA) is 118 Å². The lowest BCUT2D eigenvalue weighted by Crippen LogP contribution is -2.17. The lowest BCUT2D eigenvalue weighted by Gasteiger charge is -2.14. The van der Waals surface area contributed by atoms with E-state index in [2.05, 4.69) is 30.1 Å². The molecule has 182 valence electrons. The number of allylic oxidation sites excluding steroid dienone is 3. The molecule has 0 saturated heterocycles. The molecule has 0 fully saturated rings. The summed E-state index contributed by atoms with van der Waals surface area (Å²) in [5.41, 5.74) is 1.15. The van der Waals surface area contributed by atoms with E-state index in [1.54, 1.807) is 18.2 Å². The number of aliphatic hydroxyl groups excluding tert-OH is 3. The van der Waals surface area contributed by atoms with Crippen molar-refractivity contribution in [1.82, 2.24) is 0 Å². The zero-order chi connectivity index (χ0) is 25.2. The zero-order valence-corrected chi connectivity index (χ0v) is 20.2. The molecule has 33 heavy (non-hydrogen) atoms. The van der Waals surface area contributed by atoms with Crippen molar-refractivity contribution in [2.24, 2.45) is 15.9 Å². The van der Waals surface area contributed by atoms with E-state index in [1.807, 2.05) is 26.8 Å². The van der Waals surface area contributed by atoms with Crippen LogP contribution in [-0.2, 0) is 4.74 Å². The number of hydrogen-bond donors (Lipinski definition) is 4. The van der Waals surface area contributed by atoms with Gasteiger partial charge in [0, 0.05) is 17.7 Å². The molecule has 0 aromatic rings. The largest absolute Gasteiger partial charge is 0.516 e. The van der Waals surface area contributed by atoms with Crippen LogP contribution in [0, 0.1) is 11.3 Å². The van der Waals surface area contributed by atoms with Gasteiger partial charge in [-0.2, -0.15) is 0 Å². The van der Waals surface area contributed by atoms with E-state index in [0.717, 1.165) is 24.7 Å². The number of ether oxygens (including phenoxy) is 1. The molecule has 3 unspecified atom stereocenters. The summed E-state index contributed by atoms with van der Waals surface area (Å²) in [4.78, 5) is 8.67. The summed E-state index contributed by atoms with van der Waals surface area (Å²) in [6.45, 7) is 16.0. The fourth-order valence-corrected chi connectivity index (χ4v) is 2.30. The van der Waals surface area contributed by atoms with Gasteiger partial charge >= 0.3 is 0 Å². The Balaban J connectivity index is 5.36. The number of hydrogen-bond acceptors (Lipinski definition) is 5. The van der Waals surface area contributed by atoms with Crippen LogP contribution in [0.3, 0.4) is 0 Å². The van der Waals surface area contributed by atoms with Crippen LogP contribution in [0.25, 0.3) is 0 Å². The van der Waals surface area contributed by atoms with E-state index in [0.29, 0.717) is 24.6 Å². The van der Waals surface area contributed by atoms with E-state index in [1.165, 1.54) is 18.4 Å². The van der Waals surface area contributed by atoms with Gasteiger partial charge in [-0.1, -0.05) is 51.2 Å². The molecular weight excluding hydrogens is 418 g/mol. The highest BCUT2D eigenvalue weighted by Gasteiger charge is 2.15. The molecule has 0 aromatic carbocycles. The smallest absolute Gasteiger partial charge is 0.152 e. The molecule has 7 nitrogen and oxygen atoms in total. The van der Waals surface area contributed by atoms with Crippen molar-refractivity contribution in [2.45, 2.75) is 59.2 Å². The van der Waals surface area contributed by atoms with E-state index < -0.39 is 12.2 Å². The number of unbranched alkanes of at least 4 members (excludes halogenated alkanes) is 1. The van der Waals surface area contributed by atoms with Crippen LogP contribution >= 0.6 is 0 Å². The molecule has 0 rings (SSSR count). The lowest BCUT2D eigenvalue weighted by molar-refractivity contribution is 0.219. The van der Waals surface area contributed by atoms with Crippen LogP contribution in [0.2, 0.25) is 0 Å². The van der Waals surface area contributed by atoms with Gasteiger partial charge in [0.05, 0.1) is 19.0 Å². The molecule has 0 aliphatic carbocycles. The third kappa shape index (κ3) is 13.2. The first kappa shape index (κ1) is 30.0. The fourth-order valence-electron chi connectivity index (χ4n) is 2.30. The number of rotatable bonds is 14. The van der Waals surface area contributed by atoms with Crippen LogP contribution in [0.4, 0.5) is 0 Å². The van der Waals surface area contributed by atoms with Crippen molar-refractivity contribution in [3.8, 4) is 0 Å². The van der Waals surface area contributed by atoms with Crippen LogP contribution in [0.15, 0.2) is 82.8 Å². The monoisotopic (exact) mass is 457 g/mol. The summed E-state index contributed by atoms with van der Waals surface area (Å²) in [5, 5.41) is 36.8. The van der Waals surface area contributed by atoms with Gasteiger partial charge < -0.3 is 20.1 Å². The van der Waals surface area contributed by atoms with E-state index in [4.69, 9.17) is 15.3 Å². The van der Waals surface area contributed by atoms with E-state index in [9.17, 15) is 10.2 Å². The Morgan fingerprint density at radius 1 is 1.21 bits per heavy atom. The Kier molecular flexibility index (Phi) is 15.9. The third-order valence-electron chi connectivity index (χ3n) is 4.78. The fraction of sp³-hybridized carbons (Fsp3) is 0.423. The van der Waals surface area contributed by atoms with Gasteiger partial charge in [0.25, 0.3) is 0 Å². The molecule has 0 aromatic heterocycles. The summed E-state index contributed by atoms with van der Waals surface area (Å²) >= 11 is 0. The van der Waals surface area contributed by atoms with Crippen molar-refractivity contribution in [1.29, 1.82) is 5.41 Å². The molecule has 0 radical (unpaired) electrons. The van der Waals surface area contributed by atoms with Crippen molar-refractivity contribution in [3.63, 3.8) is 0 Å². The maximum absolute atomic E-state index is 10.4. The molecule has 7 heteroatoms. The SMILES string of the molecule is C=C(C=CC(O)C(=C)C(=N)\N=C(/N=C/C=C/CC(O)/C=C/O)C(C)/C(C)=C\C)OCCCC. The predicted molar refractivity (Wildman–Crippen MR) is 138 cm³/mol. The molecule has 0 amide bonds. The molecule has 0 heterocycles. The Morgan fingerprint density at radius 2 is 1.91 bits per heavy atom. The number of nitrogens with zero attached hydrogens (tertiary/aromatic N) is 2. The Hall–Kier alpha value is -3.03. The van der Waals surface area contributed by atoms with Crippen LogP contribution in [-0.4, -0.2) is 52.0 Å². The zero-order valence-electron chi connectivity index (χ0n) is 20.2. The van der Waals surface area contributed by atoms with Crippen molar-refractivity contribution in [3.05, 3.63) is 72.8 Å². The lowest BCUT2D eigenvalue weighted by atomic mass is 10.0. The number of aliphatic imine (C=N–C) groups is 2. The summed E-state index contributed by atoms with van der Waals surface area (Å²) in [5.74, 6) is 0.482. The van der Waals surface area contributed by atoms with Crippen molar-refractivity contribution in [2.75, 3.05) is 6.61 Å². The molecule has 0 aliphatic rings. The standard InChI is InChI=1S/C26H39N3O4/c1-7-9-18-33-20(4)13-14-24(32)22(6)25(27)29-26(21(5)19(3)8-2)28-16-11-10-12-23(31)15-17-30/h8,10-11,13-17,21,23-24,27,30-32H,4,6-7,9,12,18H2,1-3,5H3/b11-10+,14-13?,17-15+,19-8-,27-25?,28-16+,29-26-. The molecule has 0 aliphatic heterocycles. The Bertz CT molecular complexity index is 819. The van der Waals surface area contributed by atoms with Gasteiger partial charge in [-0.3, -0.25) is 5.41 Å². The first-order valence-corrected chi connectivity index (χ1v) is 11.0. The summed E-state index contributed by atoms with van der Waals surface area (Å²) in [6.07, 6.45) is 12.3. The molecule has 0 spiro atoms. The minimum atomic E-state index is -1.11. The molecular formula is C26H39N3O4. The minimum Gasteiger partial charge on any atom is -0.516 e. The number of nitrogens with one attached hydrogen (secondary N) is 1. The van der Waals surface area contributed by atoms with Gasteiger partial charge in [-0.15, -0.1) is 0 Å². The Morgan fingerprint density at radius 3 is 2.52 bits per heavy atom. The quantitative estimate of drug-likeness (QED) is 0.0714. The minimum absolute atomic E-state index is 0.125. The first-order valence-electron chi connectivity index (χ1n) is 11.0. The highest BCUT2D eigenvalue weighted by Crippen LogP contribution is 2.15. The molecule has 4 N–H and O–H groups in total. The van der Waals surface area contributed by atoms with E-state index >= 15 is 0 Å². The number of aliphatic hydroxyl groups is 3. The highest BCUT2D eigenvalue weighted by atomic mass is 16.5. The maximum atomic E-state index is 10.4. The van der Waals surface area contributed by atoms with Crippen LogP contribution in [0.1, 0.15) is 47.0 Å². The van der Waals surface area contributed by atoms with Gasteiger partial charge in [0.1, 0.15) is 17.7 Å².